The van der Waals surface area contributed by atoms with Crippen LogP contribution in [0, 0.1) is 41.5 Å². The molecule has 0 atom stereocenters. The van der Waals surface area contributed by atoms with Gasteiger partial charge in [0.15, 0.2) is 0 Å². The summed E-state index contributed by atoms with van der Waals surface area (Å²) in [6.07, 6.45) is 6.70. The van der Waals surface area contributed by atoms with E-state index in [-0.39, 0.29) is 7.92 Å². The van der Waals surface area contributed by atoms with Crippen LogP contribution in [0.25, 0.3) is 0 Å². The normalized spacial score (nSPS) is 11.4. The molecule has 136 valence electrons. The van der Waals surface area contributed by atoms with Gasteiger partial charge >= 0.3 is 0 Å². The lowest BCUT2D eigenvalue weighted by Crippen LogP contribution is -2.21. The van der Waals surface area contributed by atoms with Gasteiger partial charge in [-0.3, -0.25) is 0 Å². The smallest absolute Gasteiger partial charge is 0.0163 e. The largest absolute Gasteiger partial charge is 0.0654 e. The predicted molar refractivity (Wildman–Crippen MR) is 117 cm³/mol. The Morgan fingerprint density at radius 1 is 0.600 bits per heavy atom. The molecule has 0 unspecified atom stereocenters. The van der Waals surface area contributed by atoms with Gasteiger partial charge in [-0.2, -0.15) is 0 Å². The predicted octanol–water partition coefficient (Wildman–Crippen LogP) is 6.55. The van der Waals surface area contributed by atoms with Crippen molar-refractivity contribution in [1.82, 2.24) is 0 Å². The lowest BCUT2D eigenvalue weighted by atomic mass is 10.0. The van der Waals surface area contributed by atoms with E-state index in [9.17, 15) is 0 Å². The summed E-state index contributed by atoms with van der Waals surface area (Å²) in [7, 11) is -0.266. The van der Waals surface area contributed by atoms with E-state index in [1.54, 1.807) is 10.6 Å². The van der Waals surface area contributed by atoms with Crippen LogP contribution in [0.1, 0.15) is 66.0 Å². The fourth-order valence-electron chi connectivity index (χ4n) is 3.54. The number of hydrogen-bond acceptors (Lipinski definition) is 0. The molecule has 0 heterocycles. The maximum Gasteiger partial charge on any atom is -0.0163 e. The molecule has 0 aliphatic heterocycles. The lowest BCUT2D eigenvalue weighted by molar-refractivity contribution is 0.705. The molecule has 0 amide bonds. The van der Waals surface area contributed by atoms with Crippen molar-refractivity contribution in [3.05, 3.63) is 57.6 Å². The van der Waals surface area contributed by atoms with Gasteiger partial charge in [-0.25, -0.2) is 0 Å². The van der Waals surface area contributed by atoms with E-state index in [0.717, 1.165) is 0 Å². The van der Waals surface area contributed by atoms with E-state index >= 15 is 0 Å². The fraction of sp³-hybridized carbons (Fsp3) is 0.500. The summed E-state index contributed by atoms with van der Waals surface area (Å²) < 4.78 is 0. The summed E-state index contributed by atoms with van der Waals surface area (Å²) >= 11 is 0. The molecule has 2 aromatic rings. The van der Waals surface area contributed by atoms with Crippen LogP contribution in [0.5, 0.6) is 0 Å². The minimum absolute atomic E-state index is 0.266. The van der Waals surface area contributed by atoms with Crippen LogP contribution in [0.3, 0.4) is 0 Å². The third kappa shape index (κ3) is 4.53. The standard InChI is InChI=1S/C24H35P/c1-8-9-10-11-16-25(23-14-12-17(2)19(4)21(23)6)24-15-13-18(3)20(5)22(24)7/h12-15H,8-11,16H2,1-7H3. The van der Waals surface area contributed by atoms with Gasteiger partial charge in [0.1, 0.15) is 0 Å². The topological polar surface area (TPSA) is 0 Å². The first-order valence-corrected chi connectivity index (χ1v) is 11.3. The molecule has 0 spiro atoms. The van der Waals surface area contributed by atoms with Gasteiger partial charge < -0.3 is 0 Å². The summed E-state index contributed by atoms with van der Waals surface area (Å²) in [5.74, 6) is 0. The second-order valence-electron chi connectivity index (χ2n) is 7.52. The van der Waals surface area contributed by atoms with Gasteiger partial charge in [0, 0.05) is 0 Å². The van der Waals surface area contributed by atoms with E-state index in [1.165, 1.54) is 65.2 Å². The van der Waals surface area contributed by atoms with Crippen molar-refractivity contribution in [2.45, 2.75) is 74.1 Å². The molecule has 2 aromatic carbocycles. The first-order valence-electron chi connectivity index (χ1n) is 9.79. The number of hydrogen-bond donors (Lipinski definition) is 0. The Morgan fingerprint density at radius 3 is 1.52 bits per heavy atom. The number of aryl methyl sites for hydroxylation is 2. The molecule has 25 heavy (non-hydrogen) atoms. The van der Waals surface area contributed by atoms with Crippen molar-refractivity contribution in [3.63, 3.8) is 0 Å². The monoisotopic (exact) mass is 354 g/mol. The van der Waals surface area contributed by atoms with Crippen molar-refractivity contribution in [2.24, 2.45) is 0 Å². The molecule has 0 bridgehead atoms. The fourth-order valence-corrected chi connectivity index (χ4v) is 6.47. The number of benzene rings is 2. The van der Waals surface area contributed by atoms with Crippen molar-refractivity contribution in [1.29, 1.82) is 0 Å². The summed E-state index contributed by atoms with van der Waals surface area (Å²) in [6, 6.07) is 9.49. The Kier molecular flexibility index (Phi) is 7.26. The number of rotatable bonds is 7. The minimum Gasteiger partial charge on any atom is -0.0654 e. The molecule has 0 aliphatic carbocycles. The van der Waals surface area contributed by atoms with E-state index in [1.807, 2.05) is 0 Å². The molecular weight excluding hydrogens is 319 g/mol. The molecular formula is C24H35P. The van der Waals surface area contributed by atoms with E-state index < -0.39 is 0 Å². The van der Waals surface area contributed by atoms with Crippen LogP contribution in [0.2, 0.25) is 0 Å². The third-order valence-corrected chi connectivity index (χ3v) is 8.77. The van der Waals surface area contributed by atoms with Crippen LogP contribution in [-0.2, 0) is 0 Å². The quantitative estimate of drug-likeness (QED) is 0.391. The Balaban J connectivity index is 2.47. The zero-order valence-corrected chi connectivity index (χ0v) is 18.2. The summed E-state index contributed by atoms with van der Waals surface area (Å²) in [4.78, 5) is 0. The molecule has 2 rings (SSSR count). The summed E-state index contributed by atoms with van der Waals surface area (Å²) in [5.41, 5.74) is 8.80. The van der Waals surface area contributed by atoms with Crippen molar-refractivity contribution >= 4 is 18.5 Å². The first-order chi connectivity index (χ1) is 11.9. The van der Waals surface area contributed by atoms with Gasteiger partial charge in [0.25, 0.3) is 0 Å². The van der Waals surface area contributed by atoms with Crippen LogP contribution in [0.15, 0.2) is 24.3 Å². The molecule has 0 aliphatic rings. The van der Waals surface area contributed by atoms with E-state index in [0.29, 0.717) is 0 Å². The highest BCUT2D eigenvalue weighted by molar-refractivity contribution is 7.73. The van der Waals surface area contributed by atoms with Crippen LogP contribution in [-0.4, -0.2) is 6.16 Å². The Labute approximate surface area is 156 Å². The maximum absolute atomic E-state index is 2.41. The molecule has 0 N–H and O–H groups in total. The Hall–Kier alpha value is -1.13. The number of unbranched alkanes of at least 4 members (excludes halogenated alkanes) is 3. The average molecular weight is 355 g/mol. The molecule has 0 saturated carbocycles. The van der Waals surface area contributed by atoms with Gasteiger partial charge in [0.2, 0.25) is 0 Å². The van der Waals surface area contributed by atoms with Gasteiger partial charge in [-0.15, -0.1) is 0 Å². The van der Waals surface area contributed by atoms with Crippen LogP contribution >= 0.6 is 7.92 Å². The summed E-state index contributed by atoms with van der Waals surface area (Å²) in [6.45, 7) is 16.0. The highest BCUT2D eigenvalue weighted by Crippen LogP contribution is 2.39. The first kappa shape index (κ1) is 20.2. The molecule has 1 heteroatoms. The average Bonchev–Trinajstić information content (AvgIpc) is 2.60. The van der Waals surface area contributed by atoms with Gasteiger partial charge in [0.05, 0.1) is 0 Å². The molecule has 0 radical (unpaired) electrons. The zero-order chi connectivity index (χ0) is 18.6. The van der Waals surface area contributed by atoms with Crippen molar-refractivity contribution < 1.29 is 0 Å². The second-order valence-corrected chi connectivity index (χ2v) is 9.78. The summed E-state index contributed by atoms with van der Waals surface area (Å²) in [5, 5.41) is 3.20. The highest BCUT2D eigenvalue weighted by Gasteiger charge is 2.20. The molecule has 0 nitrogen and oxygen atoms in total. The molecule has 0 aromatic heterocycles. The third-order valence-electron chi connectivity index (χ3n) is 5.88. The van der Waals surface area contributed by atoms with Crippen LogP contribution < -0.4 is 10.6 Å². The highest BCUT2D eigenvalue weighted by atomic mass is 31.1. The van der Waals surface area contributed by atoms with Crippen molar-refractivity contribution in [2.75, 3.05) is 6.16 Å². The maximum atomic E-state index is 2.41. The van der Waals surface area contributed by atoms with E-state index in [4.69, 9.17) is 0 Å². The SMILES string of the molecule is CCCCCCP(c1ccc(C)c(C)c1C)c1ccc(C)c(C)c1C. The van der Waals surface area contributed by atoms with Crippen molar-refractivity contribution in [3.8, 4) is 0 Å². The van der Waals surface area contributed by atoms with Crippen LogP contribution in [0.4, 0.5) is 0 Å². The Bertz CT molecular complexity index is 670. The molecule has 0 fully saturated rings. The zero-order valence-electron chi connectivity index (χ0n) is 17.3. The van der Waals surface area contributed by atoms with Gasteiger partial charge in [-0.05, 0) is 106 Å². The van der Waals surface area contributed by atoms with E-state index in [2.05, 4.69) is 72.7 Å². The lowest BCUT2D eigenvalue weighted by Gasteiger charge is -2.25. The Morgan fingerprint density at radius 2 is 1.08 bits per heavy atom. The molecule has 0 saturated heterocycles. The van der Waals surface area contributed by atoms with Gasteiger partial charge in [-0.1, -0.05) is 50.5 Å². The minimum atomic E-state index is -0.266. The second kappa shape index (κ2) is 9.00.